The monoisotopic (exact) mass is 294 g/mol. The standard InChI is InChI=1S/C15H19FN2O3/c1-3-4-18-15(19)11-21-14-8-12(7-13(16)9-14)10-17-5-6-20-2/h1,7-9,17H,4-6,10-11H2,2H3,(H,18,19). The second-order valence-corrected chi connectivity index (χ2v) is 4.23. The molecule has 1 amide bonds. The third-order valence-electron chi connectivity index (χ3n) is 2.50. The largest absolute Gasteiger partial charge is 0.484 e. The average Bonchev–Trinajstić information content (AvgIpc) is 2.47. The van der Waals surface area contributed by atoms with Gasteiger partial charge in [-0.1, -0.05) is 5.92 Å². The van der Waals surface area contributed by atoms with E-state index < -0.39 is 5.82 Å². The quantitative estimate of drug-likeness (QED) is 0.520. The lowest BCUT2D eigenvalue weighted by atomic mass is 10.2. The van der Waals surface area contributed by atoms with Crippen LogP contribution in [0.5, 0.6) is 5.75 Å². The summed E-state index contributed by atoms with van der Waals surface area (Å²) in [5, 5.41) is 5.56. The first kappa shape index (κ1) is 17.0. The molecule has 0 unspecified atom stereocenters. The molecule has 2 N–H and O–H groups in total. The highest BCUT2D eigenvalue weighted by molar-refractivity contribution is 5.77. The second kappa shape index (κ2) is 9.75. The van der Waals surface area contributed by atoms with Gasteiger partial charge in [-0.3, -0.25) is 4.79 Å². The van der Waals surface area contributed by atoms with Crippen molar-refractivity contribution >= 4 is 5.91 Å². The number of hydrogen-bond donors (Lipinski definition) is 2. The van der Waals surface area contributed by atoms with Crippen LogP contribution in [0.2, 0.25) is 0 Å². The number of halogens is 1. The maximum Gasteiger partial charge on any atom is 0.258 e. The fraction of sp³-hybridized carbons (Fsp3) is 0.400. The van der Waals surface area contributed by atoms with E-state index in [1.165, 1.54) is 12.1 Å². The van der Waals surface area contributed by atoms with E-state index >= 15 is 0 Å². The lowest BCUT2D eigenvalue weighted by Crippen LogP contribution is -2.29. The van der Waals surface area contributed by atoms with Gasteiger partial charge >= 0.3 is 0 Å². The van der Waals surface area contributed by atoms with E-state index in [0.29, 0.717) is 25.4 Å². The van der Waals surface area contributed by atoms with Crippen LogP contribution in [-0.4, -0.2) is 39.3 Å². The molecule has 0 aliphatic rings. The lowest BCUT2D eigenvalue weighted by molar-refractivity contribution is -0.122. The van der Waals surface area contributed by atoms with Crippen molar-refractivity contribution in [3.63, 3.8) is 0 Å². The first-order valence-corrected chi connectivity index (χ1v) is 6.47. The van der Waals surface area contributed by atoms with Gasteiger partial charge in [-0.05, 0) is 17.7 Å². The predicted molar refractivity (Wildman–Crippen MR) is 77.3 cm³/mol. The Morgan fingerprint density at radius 1 is 1.43 bits per heavy atom. The minimum atomic E-state index is -0.417. The van der Waals surface area contributed by atoms with Gasteiger partial charge in [0.1, 0.15) is 11.6 Å². The Morgan fingerprint density at radius 2 is 2.24 bits per heavy atom. The molecule has 114 valence electrons. The molecule has 5 nitrogen and oxygen atoms in total. The van der Waals surface area contributed by atoms with E-state index in [1.807, 2.05) is 0 Å². The zero-order valence-corrected chi connectivity index (χ0v) is 11.9. The summed E-state index contributed by atoms with van der Waals surface area (Å²) in [4.78, 5) is 11.3. The number of amides is 1. The van der Waals surface area contributed by atoms with Crippen molar-refractivity contribution < 1.29 is 18.7 Å². The van der Waals surface area contributed by atoms with E-state index in [-0.39, 0.29) is 19.1 Å². The van der Waals surface area contributed by atoms with E-state index in [1.54, 1.807) is 13.2 Å². The van der Waals surface area contributed by atoms with Gasteiger partial charge in [-0.25, -0.2) is 4.39 Å². The molecule has 1 aromatic rings. The van der Waals surface area contributed by atoms with Gasteiger partial charge in [0.15, 0.2) is 6.61 Å². The van der Waals surface area contributed by atoms with E-state index in [9.17, 15) is 9.18 Å². The van der Waals surface area contributed by atoms with Gasteiger partial charge in [-0.15, -0.1) is 6.42 Å². The minimum Gasteiger partial charge on any atom is -0.484 e. The topological polar surface area (TPSA) is 59.6 Å². The average molecular weight is 294 g/mol. The molecule has 21 heavy (non-hydrogen) atoms. The van der Waals surface area contributed by atoms with Crippen molar-refractivity contribution in [2.75, 3.05) is 33.4 Å². The highest BCUT2D eigenvalue weighted by Gasteiger charge is 2.05. The molecule has 0 aliphatic carbocycles. The molecule has 6 heteroatoms. The molecule has 0 aliphatic heterocycles. The summed E-state index contributed by atoms with van der Waals surface area (Å²) in [6, 6.07) is 4.32. The summed E-state index contributed by atoms with van der Waals surface area (Å²) < 4.78 is 23.6. The fourth-order valence-electron chi connectivity index (χ4n) is 1.56. The zero-order chi connectivity index (χ0) is 15.5. The Labute approximate surface area is 123 Å². The van der Waals surface area contributed by atoms with Gasteiger partial charge in [0.05, 0.1) is 13.2 Å². The maximum atomic E-state index is 13.5. The highest BCUT2D eigenvalue weighted by atomic mass is 19.1. The van der Waals surface area contributed by atoms with E-state index in [2.05, 4.69) is 16.6 Å². The summed E-state index contributed by atoms with van der Waals surface area (Å²) in [5.41, 5.74) is 0.727. The molecule has 0 saturated heterocycles. The number of hydrogen-bond acceptors (Lipinski definition) is 4. The summed E-state index contributed by atoms with van der Waals surface area (Å²) in [6.07, 6.45) is 5.02. The van der Waals surface area contributed by atoms with Crippen LogP contribution in [-0.2, 0) is 16.1 Å². The third-order valence-corrected chi connectivity index (χ3v) is 2.50. The number of nitrogens with one attached hydrogen (secondary N) is 2. The normalized spacial score (nSPS) is 9.95. The summed E-state index contributed by atoms with van der Waals surface area (Å²) >= 11 is 0. The Bertz CT molecular complexity index is 500. The molecule has 1 rings (SSSR count). The smallest absolute Gasteiger partial charge is 0.258 e. The molecular weight excluding hydrogens is 275 g/mol. The number of rotatable bonds is 9. The highest BCUT2D eigenvalue weighted by Crippen LogP contribution is 2.16. The van der Waals surface area contributed by atoms with Crippen molar-refractivity contribution in [2.24, 2.45) is 0 Å². The summed E-state index contributed by atoms with van der Waals surface area (Å²) in [6.45, 7) is 1.66. The molecule has 0 radical (unpaired) electrons. The van der Waals surface area contributed by atoms with Gasteiger partial charge < -0.3 is 20.1 Å². The lowest BCUT2D eigenvalue weighted by Gasteiger charge is -2.09. The van der Waals surface area contributed by atoms with Crippen LogP contribution in [0.4, 0.5) is 4.39 Å². The molecule has 0 heterocycles. The van der Waals surface area contributed by atoms with Crippen LogP contribution in [0, 0.1) is 18.2 Å². The van der Waals surface area contributed by atoms with Crippen LogP contribution < -0.4 is 15.4 Å². The second-order valence-electron chi connectivity index (χ2n) is 4.23. The van der Waals surface area contributed by atoms with E-state index in [0.717, 1.165) is 5.56 Å². The van der Waals surface area contributed by atoms with Crippen molar-refractivity contribution in [1.82, 2.24) is 10.6 Å². The van der Waals surface area contributed by atoms with Crippen molar-refractivity contribution in [3.8, 4) is 18.1 Å². The number of benzene rings is 1. The van der Waals surface area contributed by atoms with Crippen LogP contribution in [0.25, 0.3) is 0 Å². The van der Waals surface area contributed by atoms with Gasteiger partial charge in [0, 0.05) is 26.3 Å². The van der Waals surface area contributed by atoms with Crippen LogP contribution in [0.1, 0.15) is 5.56 Å². The predicted octanol–water partition coefficient (Wildman–Crippen LogP) is 0.690. The number of carbonyl (C=O) groups excluding carboxylic acids is 1. The van der Waals surface area contributed by atoms with Crippen LogP contribution in [0.15, 0.2) is 18.2 Å². The fourth-order valence-corrected chi connectivity index (χ4v) is 1.56. The van der Waals surface area contributed by atoms with Crippen molar-refractivity contribution in [2.45, 2.75) is 6.54 Å². The molecule has 0 spiro atoms. The number of ether oxygens (including phenoxy) is 2. The molecule has 0 saturated carbocycles. The van der Waals surface area contributed by atoms with Crippen molar-refractivity contribution in [1.29, 1.82) is 0 Å². The molecule has 0 atom stereocenters. The van der Waals surface area contributed by atoms with Crippen LogP contribution in [0.3, 0.4) is 0 Å². The number of carbonyl (C=O) groups is 1. The SMILES string of the molecule is C#CCNC(=O)COc1cc(F)cc(CNCCOC)c1. The maximum absolute atomic E-state index is 13.5. The summed E-state index contributed by atoms with van der Waals surface area (Å²) in [5.74, 6) is 1.82. The zero-order valence-electron chi connectivity index (χ0n) is 11.9. The number of methoxy groups -OCH3 is 1. The third kappa shape index (κ3) is 7.30. The molecule has 1 aromatic carbocycles. The molecule has 0 bridgehead atoms. The minimum absolute atomic E-state index is 0.139. The first-order valence-electron chi connectivity index (χ1n) is 6.47. The molecule has 0 aromatic heterocycles. The summed E-state index contributed by atoms with van der Waals surface area (Å²) in [7, 11) is 1.61. The molecular formula is C15H19FN2O3. The van der Waals surface area contributed by atoms with Gasteiger partial charge in [0.25, 0.3) is 5.91 Å². The number of terminal acetylenes is 1. The Balaban J connectivity index is 2.49. The van der Waals surface area contributed by atoms with E-state index in [4.69, 9.17) is 15.9 Å². The van der Waals surface area contributed by atoms with Gasteiger partial charge in [-0.2, -0.15) is 0 Å². The van der Waals surface area contributed by atoms with Crippen LogP contribution >= 0.6 is 0 Å². The molecule has 0 fully saturated rings. The first-order chi connectivity index (χ1) is 10.2. The van der Waals surface area contributed by atoms with Crippen molar-refractivity contribution in [3.05, 3.63) is 29.6 Å². The Hall–Kier alpha value is -2.10. The van der Waals surface area contributed by atoms with Gasteiger partial charge in [0.2, 0.25) is 0 Å². The Kier molecular flexibility index (Phi) is 7.87. The Morgan fingerprint density at radius 3 is 2.95 bits per heavy atom.